The Morgan fingerprint density at radius 1 is 1.37 bits per heavy atom. The van der Waals surface area contributed by atoms with E-state index in [1.54, 1.807) is 32.4 Å². The van der Waals surface area contributed by atoms with Crippen LogP contribution in [0.5, 0.6) is 11.5 Å². The number of amides is 1. The van der Waals surface area contributed by atoms with Gasteiger partial charge in [-0.05, 0) is 25.6 Å². The normalized spacial score (nSPS) is 18.5. The average Bonchev–Trinajstić information content (AvgIpc) is 2.94. The van der Waals surface area contributed by atoms with E-state index in [9.17, 15) is 4.79 Å². The zero-order valence-corrected chi connectivity index (χ0v) is 11.6. The van der Waals surface area contributed by atoms with E-state index in [4.69, 9.17) is 9.47 Å². The predicted molar refractivity (Wildman–Crippen MR) is 72.9 cm³/mol. The highest BCUT2D eigenvalue weighted by Crippen LogP contribution is 2.32. The molecule has 1 aliphatic heterocycles. The lowest BCUT2D eigenvalue weighted by molar-refractivity contribution is 0.0785. The smallest absolute Gasteiger partial charge is 0.257 e. The van der Waals surface area contributed by atoms with Crippen molar-refractivity contribution in [2.75, 3.05) is 34.4 Å². The molecule has 0 aromatic heterocycles. The third-order valence-corrected chi connectivity index (χ3v) is 3.52. The maximum atomic E-state index is 12.5. The zero-order chi connectivity index (χ0) is 13.8. The minimum atomic E-state index is -0.00602. The average molecular weight is 264 g/mol. The molecule has 1 amide bonds. The molecular formula is C14H20N2O3. The summed E-state index contributed by atoms with van der Waals surface area (Å²) in [5.74, 6) is 1.08. The maximum Gasteiger partial charge on any atom is 0.257 e. The van der Waals surface area contributed by atoms with E-state index in [-0.39, 0.29) is 5.91 Å². The molecule has 1 aromatic carbocycles. The van der Waals surface area contributed by atoms with Gasteiger partial charge in [-0.3, -0.25) is 4.79 Å². The maximum absolute atomic E-state index is 12.5. The van der Waals surface area contributed by atoms with Crippen LogP contribution in [0.3, 0.4) is 0 Å². The molecule has 0 bridgehead atoms. The van der Waals surface area contributed by atoms with Crippen LogP contribution in [0.4, 0.5) is 0 Å². The quantitative estimate of drug-likeness (QED) is 0.886. The molecule has 1 heterocycles. The first-order valence-corrected chi connectivity index (χ1v) is 6.38. The lowest BCUT2D eigenvalue weighted by Gasteiger charge is -2.19. The molecule has 1 aliphatic rings. The topological polar surface area (TPSA) is 50.8 Å². The molecular weight excluding hydrogens is 244 g/mol. The molecule has 2 rings (SSSR count). The van der Waals surface area contributed by atoms with Crippen molar-refractivity contribution in [3.63, 3.8) is 0 Å². The number of carbonyl (C=O) groups excluding carboxylic acids is 1. The largest absolute Gasteiger partial charge is 0.493 e. The van der Waals surface area contributed by atoms with Crippen LogP contribution in [-0.4, -0.2) is 51.2 Å². The second-order valence-electron chi connectivity index (χ2n) is 4.57. The molecule has 1 unspecified atom stereocenters. The van der Waals surface area contributed by atoms with Gasteiger partial charge in [-0.1, -0.05) is 6.07 Å². The van der Waals surface area contributed by atoms with Crippen molar-refractivity contribution in [2.24, 2.45) is 0 Å². The summed E-state index contributed by atoms with van der Waals surface area (Å²) in [5.41, 5.74) is 0.554. The summed E-state index contributed by atoms with van der Waals surface area (Å²) in [4.78, 5) is 14.4. The van der Waals surface area contributed by atoms with Crippen molar-refractivity contribution in [1.29, 1.82) is 0 Å². The summed E-state index contributed by atoms with van der Waals surface area (Å²) in [6.07, 6.45) is 0.981. The van der Waals surface area contributed by atoms with E-state index >= 15 is 0 Å². The van der Waals surface area contributed by atoms with Crippen molar-refractivity contribution >= 4 is 5.91 Å². The molecule has 104 valence electrons. The van der Waals surface area contributed by atoms with Gasteiger partial charge in [0.05, 0.1) is 19.8 Å². The van der Waals surface area contributed by atoms with Gasteiger partial charge in [0.25, 0.3) is 5.91 Å². The van der Waals surface area contributed by atoms with Crippen LogP contribution in [0.15, 0.2) is 18.2 Å². The number of benzene rings is 1. The summed E-state index contributed by atoms with van der Waals surface area (Å²) in [7, 11) is 5.04. The van der Waals surface area contributed by atoms with E-state index in [1.165, 1.54) is 0 Å². The van der Waals surface area contributed by atoms with Crippen molar-refractivity contribution in [3.8, 4) is 11.5 Å². The number of likely N-dealkylation sites (tertiary alicyclic amines) is 1. The number of likely N-dealkylation sites (N-methyl/N-ethyl adjacent to an activating group) is 1. The zero-order valence-electron chi connectivity index (χ0n) is 11.6. The van der Waals surface area contributed by atoms with Crippen molar-refractivity contribution < 1.29 is 14.3 Å². The van der Waals surface area contributed by atoms with E-state index < -0.39 is 0 Å². The molecule has 1 fully saturated rings. The Labute approximate surface area is 113 Å². The molecule has 19 heavy (non-hydrogen) atoms. The van der Waals surface area contributed by atoms with Crippen LogP contribution in [0.25, 0.3) is 0 Å². The number of methoxy groups -OCH3 is 2. The van der Waals surface area contributed by atoms with Crippen molar-refractivity contribution in [1.82, 2.24) is 10.2 Å². The first-order valence-electron chi connectivity index (χ1n) is 6.38. The fourth-order valence-electron chi connectivity index (χ4n) is 2.41. The molecule has 5 nitrogen and oxygen atoms in total. The summed E-state index contributed by atoms with van der Waals surface area (Å²) in [6, 6.07) is 5.74. The number of ether oxygens (including phenoxy) is 2. The lowest BCUT2D eigenvalue weighted by Crippen LogP contribution is -2.33. The number of para-hydroxylation sites is 1. The molecule has 0 saturated carbocycles. The van der Waals surface area contributed by atoms with Crippen LogP contribution in [0, 0.1) is 0 Å². The van der Waals surface area contributed by atoms with Gasteiger partial charge in [0.1, 0.15) is 0 Å². The Kier molecular flexibility index (Phi) is 4.27. The van der Waals surface area contributed by atoms with Crippen LogP contribution < -0.4 is 14.8 Å². The van der Waals surface area contributed by atoms with Gasteiger partial charge < -0.3 is 19.7 Å². The van der Waals surface area contributed by atoms with Gasteiger partial charge in [0.15, 0.2) is 11.5 Å². The fourth-order valence-corrected chi connectivity index (χ4v) is 2.41. The summed E-state index contributed by atoms with van der Waals surface area (Å²) in [6.45, 7) is 1.50. The molecule has 1 aromatic rings. The van der Waals surface area contributed by atoms with Gasteiger partial charge in [0, 0.05) is 19.1 Å². The Balaban J connectivity index is 2.24. The number of nitrogens with zero attached hydrogens (tertiary/aromatic N) is 1. The lowest BCUT2D eigenvalue weighted by atomic mass is 10.1. The summed E-state index contributed by atoms with van der Waals surface area (Å²) < 4.78 is 10.5. The monoisotopic (exact) mass is 264 g/mol. The number of carbonyl (C=O) groups is 1. The number of hydrogen-bond acceptors (Lipinski definition) is 4. The molecule has 0 aliphatic carbocycles. The SMILES string of the molecule is CNC1CCN(C(=O)c2cccc(OC)c2OC)C1. The van der Waals surface area contributed by atoms with Gasteiger partial charge in [0.2, 0.25) is 0 Å². The third-order valence-electron chi connectivity index (χ3n) is 3.52. The van der Waals surface area contributed by atoms with Crippen molar-refractivity contribution in [3.05, 3.63) is 23.8 Å². The van der Waals surface area contributed by atoms with Crippen LogP contribution >= 0.6 is 0 Å². The number of hydrogen-bond donors (Lipinski definition) is 1. The standard InChI is InChI=1S/C14H20N2O3/c1-15-10-7-8-16(9-10)14(17)11-5-4-6-12(18-2)13(11)19-3/h4-6,10,15H,7-9H2,1-3H3. The Bertz CT molecular complexity index is 462. The Hall–Kier alpha value is -1.75. The second-order valence-corrected chi connectivity index (χ2v) is 4.57. The van der Waals surface area contributed by atoms with Gasteiger partial charge >= 0.3 is 0 Å². The molecule has 5 heteroatoms. The van der Waals surface area contributed by atoms with E-state index in [0.29, 0.717) is 23.1 Å². The molecule has 0 spiro atoms. The third kappa shape index (κ3) is 2.66. The highest BCUT2D eigenvalue weighted by molar-refractivity contribution is 5.98. The van der Waals surface area contributed by atoms with Crippen LogP contribution in [0.1, 0.15) is 16.8 Å². The highest BCUT2D eigenvalue weighted by Gasteiger charge is 2.28. The summed E-state index contributed by atoms with van der Waals surface area (Å²) >= 11 is 0. The molecule has 1 N–H and O–H groups in total. The summed E-state index contributed by atoms with van der Waals surface area (Å²) in [5, 5.41) is 3.20. The minimum absolute atomic E-state index is 0.00602. The molecule has 1 atom stereocenters. The fraction of sp³-hybridized carbons (Fsp3) is 0.500. The molecule has 1 saturated heterocycles. The van der Waals surface area contributed by atoms with E-state index in [0.717, 1.165) is 19.5 Å². The van der Waals surface area contributed by atoms with Crippen molar-refractivity contribution in [2.45, 2.75) is 12.5 Å². The Morgan fingerprint density at radius 2 is 2.16 bits per heavy atom. The number of rotatable bonds is 4. The van der Waals surface area contributed by atoms with Gasteiger partial charge in [-0.2, -0.15) is 0 Å². The second kappa shape index (κ2) is 5.93. The molecule has 0 radical (unpaired) electrons. The minimum Gasteiger partial charge on any atom is -0.493 e. The van der Waals surface area contributed by atoms with E-state index in [2.05, 4.69) is 5.32 Å². The first-order chi connectivity index (χ1) is 9.21. The highest BCUT2D eigenvalue weighted by atomic mass is 16.5. The van der Waals surface area contributed by atoms with Crippen LogP contribution in [-0.2, 0) is 0 Å². The van der Waals surface area contributed by atoms with Gasteiger partial charge in [-0.25, -0.2) is 0 Å². The van der Waals surface area contributed by atoms with E-state index in [1.807, 2.05) is 11.9 Å². The van der Waals surface area contributed by atoms with Gasteiger partial charge in [-0.15, -0.1) is 0 Å². The first kappa shape index (κ1) is 13.7. The van der Waals surface area contributed by atoms with Crippen LogP contribution in [0.2, 0.25) is 0 Å². The number of nitrogens with one attached hydrogen (secondary N) is 1. The Morgan fingerprint density at radius 3 is 2.74 bits per heavy atom. The predicted octanol–water partition coefficient (Wildman–Crippen LogP) is 1.14.